The fourth-order valence-corrected chi connectivity index (χ4v) is 3.83. The largest absolute Gasteiger partial charge is 0.481 e. The molecule has 7 nitrogen and oxygen atoms in total. The number of benzene rings is 1. The van der Waals surface area contributed by atoms with Crippen molar-refractivity contribution in [2.45, 2.75) is 38.5 Å². The van der Waals surface area contributed by atoms with E-state index in [0.717, 1.165) is 25.1 Å². The third-order valence-corrected chi connectivity index (χ3v) is 5.15. The van der Waals surface area contributed by atoms with Crippen molar-refractivity contribution in [3.63, 3.8) is 0 Å². The van der Waals surface area contributed by atoms with E-state index in [9.17, 15) is 14.3 Å². The number of carboxylic acid groups (broad SMARTS) is 1. The molecule has 1 aliphatic rings. The second-order valence-corrected chi connectivity index (χ2v) is 7.23. The summed E-state index contributed by atoms with van der Waals surface area (Å²) >= 11 is 0. The summed E-state index contributed by atoms with van der Waals surface area (Å²) in [6.07, 6.45) is 1.27. The molecule has 26 heavy (non-hydrogen) atoms. The van der Waals surface area contributed by atoms with Crippen LogP contribution in [0.2, 0.25) is 0 Å². The third kappa shape index (κ3) is 3.90. The molecule has 2 unspecified atom stereocenters. The number of aromatic amines is 1. The van der Waals surface area contributed by atoms with Crippen molar-refractivity contribution in [1.29, 1.82) is 0 Å². The van der Waals surface area contributed by atoms with Crippen LogP contribution < -0.4 is 5.32 Å². The van der Waals surface area contributed by atoms with Crippen molar-refractivity contribution in [1.82, 2.24) is 25.9 Å². The Bertz CT molecular complexity index is 744. The summed E-state index contributed by atoms with van der Waals surface area (Å²) in [6.45, 7) is 5.39. The van der Waals surface area contributed by atoms with Crippen LogP contribution >= 0.6 is 0 Å². The Morgan fingerprint density at radius 3 is 2.77 bits per heavy atom. The molecule has 1 saturated heterocycles. The van der Waals surface area contributed by atoms with Gasteiger partial charge in [-0.3, -0.25) is 4.79 Å². The summed E-state index contributed by atoms with van der Waals surface area (Å²) in [5.41, 5.74) is 1.45. The summed E-state index contributed by atoms with van der Waals surface area (Å²) in [5.74, 6) is -1.90. The number of hydrogen-bond donors (Lipinski definition) is 3. The quantitative estimate of drug-likeness (QED) is 0.698. The normalized spacial score (nSPS) is 19.6. The monoisotopic (exact) mass is 361 g/mol. The molecule has 1 aromatic heterocycles. The van der Waals surface area contributed by atoms with Gasteiger partial charge >= 0.3 is 5.97 Å². The number of nitrogens with zero attached hydrogens (tertiary/aromatic N) is 3. The number of nitrogens with one attached hydrogen (secondary N) is 2. The van der Waals surface area contributed by atoms with E-state index in [-0.39, 0.29) is 17.7 Å². The number of halogens is 1. The highest BCUT2D eigenvalue weighted by Gasteiger charge is 2.35. The minimum Gasteiger partial charge on any atom is -0.481 e. The highest BCUT2D eigenvalue weighted by Crippen LogP contribution is 2.33. The Labute approximate surface area is 151 Å². The Morgan fingerprint density at radius 1 is 1.42 bits per heavy atom. The second-order valence-electron chi connectivity index (χ2n) is 7.23. The van der Waals surface area contributed by atoms with E-state index < -0.39 is 17.8 Å². The number of carbonyl (C=O) groups is 1. The summed E-state index contributed by atoms with van der Waals surface area (Å²) in [5, 5.41) is 26.8. The number of hydrogen-bond acceptors (Lipinski definition) is 5. The first-order valence-electron chi connectivity index (χ1n) is 8.92. The van der Waals surface area contributed by atoms with E-state index in [4.69, 9.17) is 0 Å². The van der Waals surface area contributed by atoms with Crippen molar-refractivity contribution >= 4 is 5.97 Å². The average Bonchev–Trinajstić information content (AvgIpc) is 3.27. The predicted octanol–water partition coefficient (Wildman–Crippen LogP) is 2.10. The van der Waals surface area contributed by atoms with Crippen molar-refractivity contribution in [2.24, 2.45) is 11.8 Å². The van der Waals surface area contributed by atoms with Gasteiger partial charge in [-0.15, -0.1) is 10.2 Å². The second kappa shape index (κ2) is 7.90. The maximum Gasteiger partial charge on any atom is 0.307 e. The summed E-state index contributed by atoms with van der Waals surface area (Å²) in [6, 6.07) is 5.21. The molecule has 0 amide bonds. The minimum atomic E-state index is -0.913. The molecule has 1 aromatic carbocycles. The predicted molar refractivity (Wildman–Crippen MR) is 93.2 cm³/mol. The van der Waals surface area contributed by atoms with E-state index >= 15 is 0 Å². The highest BCUT2D eigenvalue weighted by atomic mass is 19.1. The number of carboxylic acids is 1. The summed E-state index contributed by atoms with van der Waals surface area (Å²) in [7, 11) is 0. The standard InChI is InChI=1S/C18H24FN5O2/c1-10(2)16(18(25)26)14(17-21-23-24-22-17)7-11-3-4-13(15(19)8-11)12-5-6-20-9-12/h3-4,8,10,12,14,16,20H,5-7,9H2,1-2H3,(H,25,26)(H,21,22,23,24)/t12?,14-,16?/m0/s1. The topological polar surface area (TPSA) is 104 Å². The number of aliphatic carboxylic acids is 1. The van der Waals surface area contributed by atoms with Gasteiger partial charge in [-0.25, -0.2) is 4.39 Å². The van der Waals surface area contributed by atoms with Crippen molar-refractivity contribution < 1.29 is 14.3 Å². The first-order chi connectivity index (χ1) is 12.5. The Kier molecular flexibility index (Phi) is 5.61. The molecule has 140 valence electrons. The van der Waals surface area contributed by atoms with Gasteiger partial charge in [0, 0.05) is 18.4 Å². The molecule has 0 bridgehead atoms. The van der Waals surface area contributed by atoms with Gasteiger partial charge in [0.05, 0.1) is 5.92 Å². The molecule has 0 radical (unpaired) electrons. The zero-order valence-electron chi connectivity index (χ0n) is 14.9. The summed E-state index contributed by atoms with van der Waals surface area (Å²) in [4.78, 5) is 11.8. The fraction of sp³-hybridized carbons (Fsp3) is 0.556. The van der Waals surface area contributed by atoms with Crippen LogP contribution in [0.1, 0.15) is 49.1 Å². The van der Waals surface area contributed by atoms with Crippen LogP contribution in [0.4, 0.5) is 4.39 Å². The van der Waals surface area contributed by atoms with Crippen LogP contribution in [0, 0.1) is 17.7 Å². The molecular weight excluding hydrogens is 337 g/mol. The molecule has 1 fully saturated rings. The third-order valence-electron chi connectivity index (χ3n) is 5.15. The molecule has 8 heteroatoms. The van der Waals surface area contributed by atoms with Gasteiger partial charge in [0.25, 0.3) is 0 Å². The van der Waals surface area contributed by atoms with Crippen LogP contribution in [0.25, 0.3) is 0 Å². The minimum absolute atomic E-state index is 0.121. The van der Waals surface area contributed by atoms with Crippen LogP contribution in [0.5, 0.6) is 0 Å². The van der Waals surface area contributed by atoms with Crippen molar-refractivity contribution in [3.8, 4) is 0 Å². The van der Waals surface area contributed by atoms with Gasteiger partial charge < -0.3 is 10.4 Å². The molecular formula is C18H24FN5O2. The van der Waals surface area contributed by atoms with Crippen molar-refractivity contribution in [2.75, 3.05) is 13.1 Å². The lowest BCUT2D eigenvalue weighted by Gasteiger charge is -2.24. The zero-order chi connectivity index (χ0) is 18.7. The molecule has 3 rings (SSSR count). The Morgan fingerprint density at radius 2 is 2.23 bits per heavy atom. The molecule has 3 N–H and O–H groups in total. The van der Waals surface area contributed by atoms with Gasteiger partial charge in [-0.05, 0) is 42.5 Å². The molecule has 0 spiro atoms. The van der Waals surface area contributed by atoms with E-state index in [1.165, 1.54) is 6.07 Å². The molecule has 2 aromatic rings. The van der Waals surface area contributed by atoms with Gasteiger partial charge in [0.15, 0.2) is 5.82 Å². The molecule has 1 aliphatic heterocycles. The van der Waals surface area contributed by atoms with E-state index in [1.807, 2.05) is 26.0 Å². The Balaban J connectivity index is 1.87. The van der Waals surface area contributed by atoms with Crippen LogP contribution in [-0.2, 0) is 11.2 Å². The molecule has 0 saturated carbocycles. The zero-order valence-corrected chi connectivity index (χ0v) is 14.9. The first kappa shape index (κ1) is 18.4. The number of aromatic nitrogens is 4. The lowest BCUT2D eigenvalue weighted by Crippen LogP contribution is -2.29. The van der Waals surface area contributed by atoms with Crippen LogP contribution in [0.15, 0.2) is 18.2 Å². The van der Waals surface area contributed by atoms with Gasteiger partial charge in [0.1, 0.15) is 5.82 Å². The maximum absolute atomic E-state index is 14.6. The maximum atomic E-state index is 14.6. The molecule has 0 aliphatic carbocycles. The van der Waals surface area contributed by atoms with Gasteiger partial charge in [0.2, 0.25) is 0 Å². The molecule has 3 atom stereocenters. The first-order valence-corrected chi connectivity index (χ1v) is 8.92. The molecule has 2 heterocycles. The van der Waals surface area contributed by atoms with Crippen molar-refractivity contribution in [3.05, 3.63) is 41.0 Å². The van der Waals surface area contributed by atoms with Gasteiger partial charge in [-0.1, -0.05) is 31.2 Å². The van der Waals surface area contributed by atoms with Crippen LogP contribution in [-0.4, -0.2) is 44.8 Å². The van der Waals surface area contributed by atoms with E-state index in [2.05, 4.69) is 25.9 Å². The summed E-state index contributed by atoms with van der Waals surface area (Å²) < 4.78 is 14.6. The lowest BCUT2D eigenvalue weighted by molar-refractivity contribution is -0.144. The Hall–Kier alpha value is -2.35. The van der Waals surface area contributed by atoms with E-state index in [0.29, 0.717) is 17.8 Å². The van der Waals surface area contributed by atoms with Gasteiger partial charge in [-0.2, -0.15) is 5.21 Å². The average molecular weight is 361 g/mol. The fourth-order valence-electron chi connectivity index (χ4n) is 3.83. The lowest BCUT2D eigenvalue weighted by atomic mass is 9.79. The highest BCUT2D eigenvalue weighted by molar-refractivity contribution is 5.71. The van der Waals surface area contributed by atoms with Crippen LogP contribution in [0.3, 0.4) is 0 Å². The number of tetrazole rings is 1. The smallest absolute Gasteiger partial charge is 0.307 e. The SMILES string of the molecule is CC(C)C(C(=O)O)[C@H](Cc1ccc(C2CCNC2)c(F)c1)c1nn[nH]n1. The number of rotatable bonds is 7. The van der Waals surface area contributed by atoms with E-state index in [1.54, 1.807) is 0 Å². The number of H-pyrrole nitrogens is 1.